The predicted octanol–water partition coefficient (Wildman–Crippen LogP) is 7.87. The molecule has 222 valence electrons. The molecule has 0 fully saturated rings. The number of rotatable bonds is 11. The Hall–Kier alpha value is -5.22. The second kappa shape index (κ2) is 13.8. The molecule has 9 nitrogen and oxygen atoms in total. The number of halogens is 1. The molecule has 0 saturated heterocycles. The molecule has 5 rings (SSSR count). The molecule has 1 N–H and O–H groups in total. The Kier molecular flexibility index (Phi) is 9.51. The molecule has 1 amide bonds. The standard InChI is InChI=1S/C34H29BrN4O5/c1-3-43-32-19-27(30(35)20-33(32)44-22-24-8-7-11-29(18-24)39(41)42)21-36-37-34(40)26-13-15-28(16-14-26)38-23(2)12-17-31(38)25-9-5-4-6-10-25/h4-21H,3,22H2,1-2H3,(H,37,40)/b36-21+. The second-order valence-corrected chi connectivity index (χ2v) is 10.6. The second-order valence-electron chi connectivity index (χ2n) is 9.78. The molecule has 10 heteroatoms. The first-order valence-corrected chi connectivity index (χ1v) is 14.6. The van der Waals surface area contributed by atoms with E-state index in [1.54, 1.807) is 36.4 Å². The number of hydrazone groups is 1. The van der Waals surface area contributed by atoms with Gasteiger partial charge in [0.25, 0.3) is 11.6 Å². The normalized spacial score (nSPS) is 11.0. The summed E-state index contributed by atoms with van der Waals surface area (Å²) in [5.41, 5.74) is 8.57. The number of ether oxygens (including phenoxy) is 2. The number of nitrogens with zero attached hydrogens (tertiary/aromatic N) is 3. The molecule has 0 aliphatic carbocycles. The first-order valence-electron chi connectivity index (χ1n) is 13.8. The average Bonchev–Trinajstić information content (AvgIpc) is 3.43. The van der Waals surface area contributed by atoms with Crippen molar-refractivity contribution in [1.29, 1.82) is 0 Å². The quantitative estimate of drug-likeness (QED) is 0.0887. The summed E-state index contributed by atoms with van der Waals surface area (Å²) in [7, 11) is 0. The number of hydrogen-bond donors (Lipinski definition) is 1. The van der Waals surface area contributed by atoms with E-state index in [9.17, 15) is 14.9 Å². The van der Waals surface area contributed by atoms with Gasteiger partial charge in [-0.2, -0.15) is 5.10 Å². The van der Waals surface area contributed by atoms with Crippen LogP contribution in [-0.4, -0.2) is 28.2 Å². The average molecular weight is 654 g/mol. The summed E-state index contributed by atoms with van der Waals surface area (Å²) in [5, 5.41) is 15.2. The van der Waals surface area contributed by atoms with E-state index >= 15 is 0 Å². The van der Waals surface area contributed by atoms with Crippen molar-refractivity contribution in [2.45, 2.75) is 20.5 Å². The molecule has 1 aromatic heterocycles. The lowest BCUT2D eigenvalue weighted by molar-refractivity contribution is -0.384. The van der Waals surface area contributed by atoms with E-state index in [0.29, 0.717) is 39.3 Å². The highest BCUT2D eigenvalue weighted by Crippen LogP contribution is 2.34. The van der Waals surface area contributed by atoms with Crippen molar-refractivity contribution in [2.75, 3.05) is 6.61 Å². The van der Waals surface area contributed by atoms with Crippen molar-refractivity contribution in [2.24, 2.45) is 5.10 Å². The zero-order chi connectivity index (χ0) is 31.1. The lowest BCUT2D eigenvalue weighted by atomic mass is 10.1. The third-order valence-corrected chi connectivity index (χ3v) is 7.47. The minimum absolute atomic E-state index is 0.00458. The van der Waals surface area contributed by atoms with Crippen LogP contribution in [0.5, 0.6) is 11.5 Å². The molecule has 0 bridgehead atoms. The summed E-state index contributed by atoms with van der Waals surface area (Å²) < 4.78 is 14.5. The molecular formula is C34H29BrN4O5. The summed E-state index contributed by atoms with van der Waals surface area (Å²) in [5.74, 6) is 0.581. The summed E-state index contributed by atoms with van der Waals surface area (Å²) in [6.07, 6.45) is 1.51. The Balaban J connectivity index is 1.26. The van der Waals surface area contributed by atoms with Gasteiger partial charge < -0.3 is 14.0 Å². The topological polar surface area (TPSA) is 108 Å². The number of carbonyl (C=O) groups is 1. The Morgan fingerprint density at radius 3 is 2.43 bits per heavy atom. The molecule has 0 aliphatic heterocycles. The first kappa shape index (κ1) is 30.2. The Morgan fingerprint density at radius 1 is 0.955 bits per heavy atom. The molecule has 0 atom stereocenters. The number of carbonyl (C=O) groups excluding carboxylic acids is 1. The lowest BCUT2D eigenvalue weighted by Gasteiger charge is -2.14. The van der Waals surface area contributed by atoms with Crippen molar-refractivity contribution in [3.05, 3.63) is 140 Å². The Bertz CT molecular complexity index is 1820. The van der Waals surface area contributed by atoms with Gasteiger partial charge in [-0.3, -0.25) is 14.9 Å². The molecule has 0 aliphatic rings. The number of benzene rings is 4. The van der Waals surface area contributed by atoms with Gasteiger partial charge in [0.05, 0.1) is 23.4 Å². The van der Waals surface area contributed by atoms with Crippen LogP contribution in [0.15, 0.2) is 113 Å². The third-order valence-electron chi connectivity index (χ3n) is 6.78. The fourth-order valence-corrected chi connectivity index (χ4v) is 5.08. The largest absolute Gasteiger partial charge is 0.490 e. The SMILES string of the molecule is CCOc1cc(/C=N/NC(=O)c2ccc(-n3c(C)ccc3-c3ccccc3)cc2)c(Br)cc1OCc1cccc([N+](=O)[O-])c1. The van der Waals surface area contributed by atoms with Crippen LogP contribution >= 0.6 is 15.9 Å². The maximum atomic E-state index is 12.9. The van der Waals surface area contributed by atoms with Crippen LogP contribution in [0.25, 0.3) is 16.9 Å². The number of aromatic nitrogens is 1. The maximum absolute atomic E-state index is 12.9. The molecule has 0 saturated carbocycles. The van der Waals surface area contributed by atoms with E-state index in [0.717, 1.165) is 22.6 Å². The van der Waals surface area contributed by atoms with E-state index in [1.807, 2.05) is 44.2 Å². The highest BCUT2D eigenvalue weighted by atomic mass is 79.9. The number of non-ortho nitro benzene ring substituents is 1. The highest BCUT2D eigenvalue weighted by Gasteiger charge is 2.13. The van der Waals surface area contributed by atoms with Crippen molar-refractivity contribution in [3.8, 4) is 28.4 Å². The molecule has 5 aromatic rings. The van der Waals surface area contributed by atoms with Gasteiger partial charge in [-0.15, -0.1) is 0 Å². The zero-order valence-electron chi connectivity index (χ0n) is 24.1. The fourth-order valence-electron chi connectivity index (χ4n) is 4.65. The van der Waals surface area contributed by atoms with Crippen LogP contribution in [-0.2, 0) is 6.61 Å². The van der Waals surface area contributed by atoms with Gasteiger partial charge in [0.15, 0.2) is 11.5 Å². The van der Waals surface area contributed by atoms with Crippen LogP contribution in [0.3, 0.4) is 0 Å². The number of nitrogens with one attached hydrogen (secondary N) is 1. The van der Waals surface area contributed by atoms with Gasteiger partial charge in [-0.25, -0.2) is 5.43 Å². The van der Waals surface area contributed by atoms with Gasteiger partial charge in [0, 0.05) is 39.1 Å². The number of nitro groups is 1. The van der Waals surface area contributed by atoms with Gasteiger partial charge in [-0.05, 0) is 89.4 Å². The van der Waals surface area contributed by atoms with Crippen molar-refractivity contribution >= 4 is 33.7 Å². The maximum Gasteiger partial charge on any atom is 0.271 e. The van der Waals surface area contributed by atoms with Crippen LogP contribution in [0.1, 0.15) is 34.1 Å². The number of aryl methyl sites for hydroxylation is 1. The van der Waals surface area contributed by atoms with Crippen LogP contribution in [0.2, 0.25) is 0 Å². The molecule has 0 radical (unpaired) electrons. The lowest BCUT2D eigenvalue weighted by Crippen LogP contribution is -2.17. The van der Waals surface area contributed by atoms with Crippen LogP contribution in [0, 0.1) is 17.0 Å². The summed E-state index contributed by atoms with van der Waals surface area (Å²) in [4.78, 5) is 23.5. The van der Waals surface area contributed by atoms with Gasteiger partial charge in [0.2, 0.25) is 0 Å². The van der Waals surface area contributed by atoms with Gasteiger partial charge >= 0.3 is 0 Å². The third kappa shape index (κ3) is 7.04. The first-order chi connectivity index (χ1) is 21.3. The predicted molar refractivity (Wildman–Crippen MR) is 174 cm³/mol. The zero-order valence-corrected chi connectivity index (χ0v) is 25.7. The molecule has 1 heterocycles. The number of nitro benzene ring substituents is 1. The summed E-state index contributed by atoms with van der Waals surface area (Å²) >= 11 is 3.53. The minimum Gasteiger partial charge on any atom is -0.490 e. The molecule has 4 aromatic carbocycles. The van der Waals surface area contributed by atoms with E-state index < -0.39 is 4.92 Å². The number of hydrogen-bond acceptors (Lipinski definition) is 6. The molecule has 0 unspecified atom stereocenters. The monoisotopic (exact) mass is 652 g/mol. The van der Waals surface area contributed by atoms with E-state index in [-0.39, 0.29) is 18.2 Å². The van der Waals surface area contributed by atoms with E-state index in [4.69, 9.17) is 9.47 Å². The van der Waals surface area contributed by atoms with Crippen molar-refractivity contribution in [3.63, 3.8) is 0 Å². The fraction of sp³-hybridized carbons (Fsp3) is 0.118. The van der Waals surface area contributed by atoms with E-state index in [1.165, 1.54) is 18.3 Å². The number of amides is 1. The van der Waals surface area contributed by atoms with Crippen molar-refractivity contribution < 1.29 is 19.2 Å². The minimum atomic E-state index is -0.445. The van der Waals surface area contributed by atoms with Gasteiger partial charge in [-0.1, -0.05) is 42.5 Å². The van der Waals surface area contributed by atoms with Gasteiger partial charge in [0.1, 0.15) is 6.61 Å². The van der Waals surface area contributed by atoms with Crippen LogP contribution < -0.4 is 14.9 Å². The van der Waals surface area contributed by atoms with Crippen LogP contribution in [0.4, 0.5) is 5.69 Å². The molecule has 44 heavy (non-hydrogen) atoms. The molecule has 0 spiro atoms. The van der Waals surface area contributed by atoms with E-state index in [2.05, 4.69) is 55.3 Å². The smallest absolute Gasteiger partial charge is 0.271 e. The Morgan fingerprint density at radius 2 is 1.70 bits per heavy atom. The summed E-state index contributed by atoms with van der Waals surface area (Å²) in [6, 6.07) is 31.4. The Labute approximate surface area is 263 Å². The van der Waals surface area contributed by atoms with Crippen molar-refractivity contribution in [1.82, 2.24) is 9.99 Å². The summed E-state index contributed by atoms with van der Waals surface area (Å²) in [6.45, 7) is 4.42. The highest BCUT2D eigenvalue weighted by molar-refractivity contribution is 9.10. The molecular weight excluding hydrogens is 624 g/mol.